The summed E-state index contributed by atoms with van der Waals surface area (Å²) in [5.74, 6) is -1.78. The Morgan fingerprint density at radius 2 is 2.00 bits per heavy atom. The van der Waals surface area contributed by atoms with E-state index >= 15 is 0 Å². The molecule has 10 nitrogen and oxygen atoms in total. The van der Waals surface area contributed by atoms with Gasteiger partial charge in [-0.2, -0.15) is 0 Å². The Morgan fingerprint density at radius 1 is 1.38 bits per heavy atom. The molecule has 29 heavy (non-hydrogen) atoms. The number of nitrogens with zero attached hydrogens (tertiary/aromatic N) is 2. The zero-order valence-corrected chi connectivity index (χ0v) is 17.5. The molecule has 1 aromatic carbocycles. The van der Waals surface area contributed by atoms with Gasteiger partial charge in [0, 0.05) is 25.2 Å². The van der Waals surface area contributed by atoms with E-state index in [1.165, 1.54) is 23.4 Å². The van der Waals surface area contributed by atoms with Crippen LogP contribution < -0.4 is 5.32 Å². The van der Waals surface area contributed by atoms with E-state index in [1.807, 2.05) is 0 Å². The second-order valence-electron chi connectivity index (χ2n) is 6.56. The monoisotopic (exact) mass is 447 g/mol. The van der Waals surface area contributed by atoms with Crippen LogP contribution in [-0.4, -0.2) is 54.5 Å². The number of carbonyl (C=O) groups is 2. The molecular weight excluding hydrogens is 426 g/mol. The number of esters is 1. The summed E-state index contributed by atoms with van der Waals surface area (Å²) in [4.78, 5) is 34.8. The van der Waals surface area contributed by atoms with E-state index in [1.54, 1.807) is 6.92 Å². The van der Waals surface area contributed by atoms with E-state index in [9.17, 15) is 28.1 Å². The first-order chi connectivity index (χ1) is 13.5. The zero-order valence-electron chi connectivity index (χ0n) is 16.0. The van der Waals surface area contributed by atoms with Crippen LogP contribution in [0.1, 0.15) is 26.7 Å². The Labute approximate surface area is 173 Å². The Morgan fingerprint density at radius 3 is 2.55 bits per heavy atom. The molecule has 1 atom stereocenters. The molecule has 0 spiro atoms. The Kier molecular flexibility index (Phi) is 7.55. The number of piperidine rings is 1. The average Bonchev–Trinajstić information content (AvgIpc) is 2.69. The number of carbonyl (C=O) groups excluding carboxylic acids is 2. The quantitative estimate of drug-likeness (QED) is 0.384. The minimum atomic E-state index is -3.30. The molecule has 1 aromatic rings. The summed E-state index contributed by atoms with van der Waals surface area (Å²) in [6.07, 6.45) is -0.540. The number of amides is 1. The highest BCUT2D eigenvalue weighted by molar-refractivity contribution is 7.89. The van der Waals surface area contributed by atoms with Gasteiger partial charge in [0.1, 0.15) is 0 Å². The molecule has 0 aromatic heterocycles. The van der Waals surface area contributed by atoms with Gasteiger partial charge in [-0.1, -0.05) is 11.6 Å². The molecule has 1 amide bonds. The van der Waals surface area contributed by atoms with E-state index in [4.69, 9.17) is 16.3 Å². The number of sulfonamides is 1. The van der Waals surface area contributed by atoms with Gasteiger partial charge in [0.05, 0.1) is 27.3 Å². The van der Waals surface area contributed by atoms with Gasteiger partial charge in [-0.3, -0.25) is 19.7 Å². The molecule has 1 fully saturated rings. The molecule has 1 saturated heterocycles. The average molecular weight is 448 g/mol. The lowest BCUT2D eigenvalue weighted by Crippen LogP contribution is -2.42. The molecule has 1 heterocycles. The lowest BCUT2D eigenvalue weighted by Gasteiger charge is -2.30. The molecule has 1 N–H and O–H groups in total. The number of nitrogens with one attached hydrogen (secondary N) is 1. The lowest BCUT2D eigenvalue weighted by molar-refractivity contribution is -0.384. The number of non-ortho nitro benzene ring substituents is 1. The summed E-state index contributed by atoms with van der Waals surface area (Å²) >= 11 is 5.94. The van der Waals surface area contributed by atoms with Crippen molar-refractivity contribution in [1.29, 1.82) is 0 Å². The fourth-order valence-corrected chi connectivity index (χ4v) is 4.13. The predicted molar refractivity (Wildman–Crippen MR) is 106 cm³/mol. The summed E-state index contributed by atoms with van der Waals surface area (Å²) in [7, 11) is -3.30. The summed E-state index contributed by atoms with van der Waals surface area (Å²) < 4.78 is 30.3. The van der Waals surface area contributed by atoms with Gasteiger partial charge in [-0.05, 0) is 32.8 Å². The van der Waals surface area contributed by atoms with Gasteiger partial charge in [0.2, 0.25) is 10.0 Å². The standard InChI is InChI=1S/C17H22ClN3O7S/c1-3-29(26,27)20-8-6-12(7-9-20)17(23)28-11(2)16(22)19-15-10-13(21(24)25)4-5-14(15)18/h4-5,10-12H,3,6-9H2,1-2H3,(H,19,22). The highest BCUT2D eigenvalue weighted by Gasteiger charge is 2.32. The van der Waals surface area contributed by atoms with E-state index in [0.29, 0.717) is 12.8 Å². The molecule has 1 aliphatic heterocycles. The van der Waals surface area contributed by atoms with Crippen molar-refractivity contribution in [1.82, 2.24) is 4.31 Å². The van der Waals surface area contributed by atoms with Crippen molar-refractivity contribution in [2.75, 3.05) is 24.2 Å². The van der Waals surface area contributed by atoms with Crippen LogP contribution in [0.2, 0.25) is 5.02 Å². The topological polar surface area (TPSA) is 136 Å². The number of anilines is 1. The van der Waals surface area contributed by atoms with Crippen LogP contribution in [0, 0.1) is 16.0 Å². The van der Waals surface area contributed by atoms with Crippen molar-refractivity contribution >= 4 is 44.9 Å². The van der Waals surface area contributed by atoms with Crippen molar-refractivity contribution in [2.45, 2.75) is 32.8 Å². The Bertz CT molecular complexity index is 898. The van der Waals surface area contributed by atoms with Crippen LogP contribution in [0.5, 0.6) is 0 Å². The largest absolute Gasteiger partial charge is 0.452 e. The fraction of sp³-hybridized carbons (Fsp3) is 0.529. The van der Waals surface area contributed by atoms with Gasteiger partial charge in [-0.25, -0.2) is 12.7 Å². The third-order valence-corrected chi connectivity index (χ3v) is 6.84. The molecule has 1 unspecified atom stereocenters. The Balaban J connectivity index is 1.92. The van der Waals surface area contributed by atoms with Crippen molar-refractivity contribution in [3.05, 3.63) is 33.3 Å². The third-order valence-electron chi connectivity index (χ3n) is 4.63. The van der Waals surface area contributed by atoms with Crippen LogP contribution in [0.4, 0.5) is 11.4 Å². The van der Waals surface area contributed by atoms with Crippen LogP contribution in [0.25, 0.3) is 0 Å². The lowest BCUT2D eigenvalue weighted by atomic mass is 9.98. The van der Waals surface area contributed by atoms with E-state index < -0.39 is 38.8 Å². The van der Waals surface area contributed by atoms with Crippen molar-refractivity contribution in [2.24, 2.45) is 5.92 Å². The normalized spacial score (nSPS) is 16.8. The first-order valence-corrected chi connectivity index (χ1v) is 11.0. The highest BCUT2D eigenvalue weighted by atomic mass is 35.5. The first kappa shape index (κ1) is 23.0. The number of hydrogen-bond acceptors (Lipinski definition) is 7. The summed E-state index contributed by atoms with van der Waals surface area (Å²) in [6.45, 7) is 3.37. The first-order valence-electron chi connectivity index (χ1n) is 8.98. The number of halogens is 1. The molecule has 1 aliphatic rings. The number of hydrogen-bond donors (Lipinski definition) is 1. The molecule has 0 aliphatic carbocycles. The fourth-order valence-electron chi connectivity index (χ4n) is 2.83. The summed E-state index contributed by atoms with van der Waals surface area (Å²) in [5, 5.41) is 13.4. The smallest absolute Gasteiger partial charge is 0.309 e. The van der Waals surface area contributed by atoms with Crippen LogP contribution in [-0.2, 0) is 24.3 Å². The number of nitro benzene ring substituents is 1. The van der Waals surface area contributed by atoms with Crippen molar-refractivity contribution in [3.63, 3.8) is 0 Å². The Hall–Kier alpha value is -2.24. The van der Waals surface area contributed by atoms with Gasteiger partial charge in [-0.15, -0.1) is 0 Å². The summed E-state index contributed by atoms with van der Waals surface area (Å²) in [5.41, 5.74) is -0.213. The van der Waals surface area contributed by atoms with Crippen LogP contribution in [0.3, 0.4) is 0 Å². The van der Waals surface area contributed by atoms with E-state index in [2.05, 4.69) is 5.32 Å². The second kappa shape index (κ2) is 9.51. The molecule has 2 rings (SSSR count). The number of rotatable bonds is 7. The second-order valence-corrected chi connectivity index (χ2v) is 9.23. The molecule has 0 bridgehead atoms. The number of nitro groups is 1. The number of ether oxygens (including phenoxy) is 1. The third kappa shape index (κ3) is 5.87. The molecule has 12 heteroatoms. The molecule has 160 valence electrons. The van der Waals surface area contributed by atoms with Crippen LogP contribution in [0.15, 0.2) is 18.2 Å². The zero-order chi connectivity index (χ0) is 21.8. The summed E-state index contributed by atoms with van der Waals surface area (Å²) in [6, 6.07) is 3.59. The van der Waals surface area contributed by atoms with Gasteiger partial charge >= 0.3 is 5.97 Å². The van der Waals surface area contributed by atoms with Crippen molar-refractivity contribution in [3.8, 4) is 0 Å². The molecular formula is C17H22ClN3O7S. The minimum Gasteiger partial charge on any atom is -0.452 e. The maximum absolute atomic E-state index is 12.3. The maximum atomic E-state index is 12.3. The minimum absolute atomic E-state index is 0.000470. The van der Waals surface area contributed by atoms with Crippen LogP contribution >= 0.6 is 11.6 Å². The van der Waals surface area contributed by atoms with E-state index in [0.717, 1.165) is 6.07 Å². The van der Waals surface area contributed by atoms with E-state index in [-0.39, 0.29) is 35.2 Å². The van der Waals surface area contributed by atoms with Gasteiger partial charge < -0.3 is 10.1 Å². The predicted octanol–water partition coefficient (Wildman–Crippen LogP) is 2.18. The van der Waals surface area contributed by atoms with Gasteiger partial charge in [0.15, 0.2) is 6.10 Å². The van der Waals surface area contributed by atoms with Gasteiger partial charge in [0.25, 0.3) is 11.6 Å². The maximum Gasteiger partial charge on any atom is 0.309 e. The molecule has 0 saturated carbocycles. The number of benzene rings is 1. The highest BCUT2D eigenvalue weighted by Crippen LogP contribution is 2.27. The molecule has 0 radical (unpaired) electrons. The van der Waals surface area contributed by atoms with Crippen molar-refractivity contribution < 1.29 is 27.7 Å². The SMILES string of the molecule is CCS(=O)(=O)N1CCC(C(=O)OC(C)C(=O)Nc2cc([N+](=O)[O-])ccc2Cl)CC1.